The van der Waals surface area contributed by atoms with Gasteiger partial charge in [0.15, 0.2) is 12.3 Å². The highest BCUT2D eigenvalue weighted by molar-refractivity contribution is 7.89. The molecule has 0 aliphatic rings. The van der Waals surface area contributed by atoms with Crippen molar-refractivity contribution in [3.8, 4) is 16.3 Å². The zero-order valence-corrected chi connectivity index (χ0v) is 21.6. The van der Waals surface area contributed by atoms with Crippen molar-refractivity contribution in [3.63, 3.8) is 0 Å². The van der Waals surface area contributed by atoms with E-state index < -0.39 is 28.5 Å². The Labute approximate surface area is 216 Å². The third-order valence-electron chi connectivity index (χ3n) is 5.00. The van der Waals surface area contributed by atoms with Gasteiger partial charge in [-0.1, -0.05) is 35.9 Å². The van der Waals surface area contributed by atoms with Crippen LogP contribution in [0.2, 0.25) is 5.02 Å². The monoisotopic (exact) mass is 544 g/mol. The molecule has 0 saturated carbocycles. The minimum atomic E-state index is -3.82. The number of thiophene rings is 1. The number of nitrogens with zero attached hydrogens (tertiary/aromatic N) is 3. The maximum atomic E-state index is 12.9. The first-order chi connectivity index (χ1) is 17.2. The second-order valence-electron chi connectivity index (χ2n) is 7.70. The minimum absolute atomic E-state index is 0.0174. The number of para-hydroxylation sites is 1. The van der Waals surface area contributed by atoms with Crippen molar-refractivity contribution in [1.82, 2.24) is 14.1 Å². The number of anilines is 1. The normalized spacial score (nSPS) is 11.4. The van der Waals surface area contributed by atoms with Gasteiger partial charge in [0.25, 0.3) is 5.91 Å². The zero-order valence-electron chi connectivity index (χ0n) is 19.2. The van der Waals surface area contributed by atoms with Gasteiger partial charge in [-0.15, -0.1) is 11.3 Å². The molecule has 0 saturated heterocycles. The second kappa shape index (κ2) is 10.6. The molecule has 9 nitrogen and oxygen atoms in total. The molecule has 2 aromatic heterocycles. The molecule has 2 aromatic carbocycles. The number of hydrogen-bond acceptors (Lipinski definition) is 7. The zero-order chi connectivity index (χ0) is 25.9. The summed E-state index contributed by atoms with van der Waals surface area (Å²) in [6.45, 7) is -0.592. The van der Waals surface area contributed by atoms with Crippen molar-refractivity contribution in [2.24, 2.45) is 0 Å². The molecule has 0 aliphatic carbocycles. The van der Waals surface area contributed by atoms with Crippen LogP contribution in [0.4, 0.5) is 5.69 Å². The first-order valence-corrected chi connectivity index (χ1v) is 13.2. The highest BCUT2D eigenvalue weighted by Gasteiger charge is 2.23. The molecule has 36 heavy (non-hydrogen) atoms. The molecule has 0 unspecified atom stereocenters. The van der Waals surface area contributed by atoms with E-state index in [4.69, 9.17) is 16.3 Å². The molecule has 1 N–H and O–H groups in total. The van der Waals surface area contributed by atoms with E-state index in [0.717, 1.165) is 9.18 Å². The van der Waals surface area contributed by atoms with Gasteiger partial charge in [-0.2, -0.15) is 5.10 Å². The lowest BCUT2D eigenvalue weighted by Crippen LogP contribution is -2.24. The molecule has 12 heteroatoms. The van der Waals surface area contributed by atoms with Crippen molar-refractivity contribution in [2.45, 2.75) is 4.90 Å². The predicted molar refractivity (Wildman–Crippen MR) is 138 cm³/mol. The van der Waals surface area contributed by atoms with E-state index in [9.17, 15) is 18.0 Å². The van der Waals surface area contributed by atoms with Crippen LogP contribution < -0.4 is 5.32 Å². The van der Waals surface area contributed by atoms with Gasteiger partial charge in [0.05, 0.1) is 15.6 Å². The van der Waals surface area contributed by atoms with Crippen molar-refractivity contribution in [3.05, 3.63) is 82.8 Å². The van der Waals surface area contributed by atoms with Crippen LogP contribution in [-0.4, -0.2) is 55.1 Å². The quantitative estimate of drug-likeness (QED) is 0.331. The summed E-state index contributed by atoms with van der Waals surface area (Å²) >= 11 is 7.52. The highest BCUT2D eigenvalue weighted by Crippen LogP contribution is 2.28. The summed E-state index contributed by atoms with van der Waals surface area (Å²) < 4.78 is 32.6. The molecule has 0 radical (unpaired) electrons. The van der Waals surface area contributed by atoms with Crippen molar-refractivity contribution < 1.29 is 22.7 Å². The number of benzene rings is 2. The third-order valence-corrected chi connectivity index (χ3v) is 8.19. The average Bonchev–Trinajstić information content (AvgIpc) is 3.54. The number of ether oxygens (including phenoxy) is 1. The Bertz CT molecular complexity index is 1500. The summed E-state index contributed by atoms with van der Waals surface area (Å²) in [7, 11) is -1.07. The lowest BCUT2D eigenvalue weighted by molar-refractivity contribution is -0.119. The van der Waals surface area contributed by atoms with E-state index in [1.807, 2.05) is 35.7 Å². The molecular formula is C24H21ClN4O5S2. The number of rotatable bonds is 8. The summed E-state index contributed by atoms with van der Waals surface area (Å²) in [5.41, 5.74) is 1.60. The maximum Gasteiger partial charge on any atom is 0.357 e. The maximum absolute atomic E-state index is 12.9. The predicted octanol–water partition coefficient (Wildman–Crippen LogP) is 4.30. The average molecular weight is 545 g/mol. The lowest BCUT2D eigenvalue weighted by Gasteiger charge is -2.14. The van der Waals surface area contributed by atoms with Gasteiger partial charge in [0.1, 0.15) is 10.6 Å². The number of halogens is 1. The van der Waals surface area contributed by atoms with E-state index in [1.54, 1.807) is 18.2 Å². The summed E-state index contributed by atoms with van der Waals surface area (Å²) in [5.74, 6) is -1.39. The molecule has 0 spiro atoms. The number of carbonyl (C=O) groups is 2. The Morgan fingerprint density at radius 1 is 1.08 bits per heavy atom. The van der Waals surface area contributed by atoms with Crippen molar-refractivity contribution >= 4 is 50.5 Å². The van der Waals surface area contributed by atoms with Crippen LogP contribution >= 0.6 is 22.9 Å². The SMILES string of the molecule is CN(C)S(=O)(=O)c1cc(NC(=O)COC(=O)c2cc(-c3cccs3)nn2-c2ccccc2)ccc1Cl. The van der Waals surface area contributed by atoms with Crippen molar-refractivity contribution in [2.75, 3.05) is 26.0 Å². The highest BCUT2D eigenvalue weighted by atomic mass is 35.5. The molecule has 4 aromatic rings. The fraction of sp³-hybridized carbons (Fsp3) is 0.125. The second-order valence-corrected chi connectivity index (χ2v) is 11.2. The number of sulfonamides is 1. The van der Waals surface area contributed by atoms with Crippen LogP contribution in [0.25, 0.3) is 16.3 Å². The van der Waals surface area contributed by atoms with E-state index in [0.29, 0.717) is 11.4 Å². The third kappa shape index (κ3) is 5.49. The molecular weight excluding hydrogens is 524 g/mol. The van der Waals surface area contributed by atoms with E-state index in [1.165, 1.54) is 48.3 Å². The number of hydrogen-bond donors (Lipinski definition) is 1. The molecule has 2 heterocycles. The smallest absolute Gasteiger partial charge is 0.357 e. The number of amides is 1. The Kier molecular flexibility index (Phi) is 7.55. The fourth-order valence-corrected chi connectivity index (χ4v) is 5.29. The van der Waals surface area contributed by atoms with Gasteiger partial charge in [0.2, 0.25) is 10.0 Å². The van der Waals surface area contributed by atoms with E-state index in [2.05, 4.69) is 10.4 Å². The van der Waals surface area contributed by atoms with Crippen molar-refractivity contribution in [1.29, 1.82) is 0 Å². The Morgan fingerprint density at radius 2 is 1.83 bits per heavy atom. The summed E-state index contributed by atoms with van der Waals surface area (Å²) in [6, 6.07) is 18.5. The first-order valence-electron chi connectivity index (χ1n) is 10.6. The Hall–Kier alpha value is -3.51. The Balaban J connectivity index is 1.50. The first kappa shape index (κ1) is 25.6. The molecule has 186 valence electrons. The van der Waals surface area contributed by atoms with Gasteiger partial charge in [-0.05, 0) is 41.8 Å². The Morgan fingerprint density at radius 3 is 2.50 bits per heavy atom. The summed E-state index contributed by atoms with van der Waals surface area (Å²) in [6.07, 6.45) is 0. The minimum Gasteiger partial charge on any atom is -0.451 e. The van der Waals surface area contributed by atoms with Crippen LogP contribution in [0.3, 0.4) is 0 Å². The van der Waals surface area contributed by atoms with Crippen LogP contribution in [0.5, 0.6) is 0 Å². The summed E-state index contributed by atoms with van der Waals surface area (Å²) in [4.78, 5) is 26.1. The molecule has 0 bridgehead atoms. The standard InChI is InChI=1S/C24H21ClN4O5S2/c1-28(2)36(32,33)22-13-16(10-11-18(22)25)26-23(30)15-34-24(31)20-14-19(21-9-6-12-35-21)27-29(20)17-7-4-3-5-8-17/h3-14H,15H2,1-2H3,(H,26,30). The molecule has 0 fully saturated rings. The molecule has 1 amide bonds. The van der Waals surface area contributed by atoms with E-state index in [-0.39, 0.29) is 21.3 Å². The van der Waals surface area contributed by atoms with Crippen LogP contribution in [0.1, 0.15) is 10.5 Å². The number of carbonyl (C=O) groups excluding carboxylic acids is 2. The van der Waals surface area contributed by atoms with Gasteiger partial charge < -0.3 is 10.1 Å². The van der Waals surface area contributed by atoms with Crippen LogP contribution in [-0.2, 0) is 19.6 Å². The van der Waals surface area contributed by atoms with Gasteiger partial charge >= 0.3 is 5.97 Å². The van der Waals surface area contributed by atoms with Gasteiger partial charge in [0, 0.05) is 25.8 Å². The van der Waals surface area contributed by atoms with Gasteiger partial charge in [-0.25, -0.2) is 22.2 Å². The number of nitrogens with one attached hydrogen (secondary N) is 1. The topological polar surface area (TPSA) is 111 Å². The molecule has 0 atom stereocenters. The fourth-order valence-electron chi connectivity index (χ4n) is 3.21. The largest absolute Gasteiger partial charge is 0.451 e. The summed E-state index contributed by atoms with van der Waals surface area (Å²) in [5, 5.41) is 8.99. The number of aromatic nitrogens is 2. The van der Waals surface area contributed by atoms with E-state index >= 15 is 0 Å². The molecule has 0 aliphatic heterocycles. The molecule has 4 rings (SSSR count). The van der Waals surface area contributed by atoms with Gasteiger partial charge in [-0.3, -0.25) is 4.79 Å². The van der Waals surface area contributed by atoms with Crippen LogP contribution in [0, 0.1) is 0 Å². The lowest BCUT2D eigenvalue weighted by atomic mass is 10.3. The van der Waals surface area contributed by atoms with Crippen LogP contribution in [0.15, 0.2) is 77.0 Å². The number of esters is 1.